The van der Waals surface area contributed by atoms with Crippen LogP contribution in [-0.4, -0.2) is 22.7 Å². The summed E-state index contributed by atoms with van der Waals surface area (Å²) in [6.45, 7) is 2.24. The van der Waals surface area contributed by atoms with Gasteiger partial charge in [-0.05, 0) is 37.1 Å². The fourth-order valence-electron chi connectivity index (χ4n) is 2.38. The molecule has 0 aliphatic carbocycles. The molecular weight excluding hydrogens is 340 g/mol. The Kier molecular flexibility index (Phi) is 5.30. The summed E-state index contributed by atoms with van der Waals surface area (Å²) in [5.41, 5.74) is 2.82. The zero-order chi connectivity index (χ0) is 17.6. The van der Waals surface area contributed by atoms with Crippen LogP contribution in [0.4, 0.5) is 10.5 Å². The van der Waals surface area contributed by atoms with E-state index < -0.39 is 0 Å². The Morgan fingerprint density at radius 2 is 1.96 bits per heavy atom. The number of amides is 2. The summed E-state index contributed by atoms with van der Waals surface area (Å²) >= 11 is 6.21. The first-order valence-corrected chi connectivity index (χ1v) is 8.18. The molecule has 0 radical (unpaired) electrons. The minimum Gasteiger partial charge on any atom is -0.359 e. The number of halogens is 1. The van der Waals surface area contributed by atoms with Gasteiger partial charge >= 0.3 is 6.03 Å². The fraction of sp³-hybridized carbons (Fsp3) is 0.167. The van der Waals surface area contributed by atoms with E-state index >= 15 is 0 Å². The molecule has 0 aliphatic heterocycles. The molecule has 0 saturated heterocycles. The Morgan fingerprint density at radius 1 is 1.20 bits per heavy atom. The quantitative estimate of drug-likeness (QED) is 0.722. The maximum absolute atomic E-state index is 12.2. The number of hydrogen-bond donors (Lipinski definition) is 2. The number of pyridine rings is 1. The standard InChI is InChI=1S/C18H17ClN4O2/c1-12-16(17(23-25-12)14-4-2-3-5-15(14)19)22-18(24)21-11-8-13-6-9-20-10-7-13/h2-7,9-10H,8,11H2,1H3,(H2,21,22,24). The normalized spacial score (nSPS) is 10.5. The number of aryl methyl sites for hydroxylation is 1. The third kappa shape index (κ3) is 4.16. The highest BCUT2D eigenvalue weighted by atomic mass is 35.5. The van der Waals surface area contributed by atoms with Crippen LogP contribution in [0.5, 0.6) is 0 Å². The number of benzene rings is 1. The minimum absolute atomic E-state index is 0.325. The first kappa shape index (κ1) is 17.0. The Labute approximate surface area is 150 Å². The molecule has 2 heterocycles. The van der Waals surface area contributed by atoms with Gasteiger partial charge in [0.15, 0.2) is 5.76 Å². The van der Waals surface area contributed by atoms with Crippen LogP contribution in [0.1, 0.15) is 11.3 Å². The molecule has 6 nitrogen and oxygen atoms in total. The largest absolute Gasteiger partial charge is 0.359 e. The van der Waals surface area contributed by atoms with E-state index in [1.165, 1.54) is 0 Å². The zero-order valence-corrected chi connectivity index (χ0v) is 14.4. The number of hydrogen-bond acceptors (Lipinski definition) is 4. The Balaban J connectivity index is 1.66. The van der Waals surface area contributed by atoms with Gasteiger partial charge in [0.2, 0.25) is 0 Å². The Bertz CT molecular complexity index is 865. The lowest BCUT2D eigenvalue weighted by molar-refractivity contribution is 0.252. The van der Waals surface area contributed by atoms with Crippen LogP contribution < -0.4 is 10.6 Å². The van der Waals surface area contributed by atoms with Gasteiger partial charge in [-0.2, -0.15) is 0 Å². The van der Waals surface area contributed by atoms with E-state index in [0.29, 0.717) is 34.3 Å². The molecule has 0 aliphatic rings. The van der Waals surface area contributed by atoms with Gasteiger partial charge in [0.05, 0.1) is 5.02 Å². The second-order valence-electron chi connectivity index (χ2n) is 5.43. The zero-order valence-electron chi connectivity index (χ0n) is 13.6. The van der Waals surface area contributed by atoms with Gasteiger partial charge in [-0.3, -0.25) is 4.98 Å². The maximum Gasteiger partial charge on any atom is 0.319 e. The summed E-state index contributed by atoms with van der Waals surface area (Å²) in [7, 11) is 0. The van der Waals surface area contributed by atoms with E-state index in [0.717, 1.165) is 12.0 Å². The molecule has 0 saturated carbocycles. The number of urea groups is 1. The van der Waals surface area contributed by atoms with Crippen molar-refractivity contribution in [2.75, 3.05) is 11.9 Å². The predicted octanol–water partition coefficient (Wildman–Crippen LogP) is 4.06. The molecule has 2 N–H and O–H groups in total. The monoisotopic (exact) mass is 356 g/mol. The molecule has 7 heteroatoms. The van der Waals surface area contributed by atoms with Crippen molar-refractivity contribution in [1.82, 2.24) is 15.5 Å². The topological polar surface area (TPSA) is 80.0 Å². The maximum atomic E-state index is 12.2. The summed E-state index contributed by atoms with van der Waals surface area (Å²) in [5, 5.41) is 10.2. The van der Waals surface area contributed by atoms with Crippen LogP contribution in [0.2, 0.25) is 5.02 Å². The molecular formula is C18H17ClN4O2. The molecule has 0 atom stereocenters. The number of aromatic nitrogens is 2. The van der Waals surface area contributed by atoms with Crippen molar-refractivity contribution in [1.29, 1.82) is 0 Å². The van der Waals surface area contributed by atoms with Crippen LogP contribution in [0.25, 0.3) is 11.3 Å². The van der Waals surface area contributed by atoms with Crippen molar-refractivity contribution >= 4 is 23.3 Å². The molecule has 0 unspecified atom stereocenters. The van der Waals surface area contributed by atoms with Crippen molar-refractivity contribution in [3.63, 3.8) is 0 Å². The van der Waals surface area contributed by atoms with E-state index in [2.05, 4.69) is 20.8 Å². The molecule has 0 fully saturated rings. The predicted molar refractivity (Wildman–Crippen MR) is 96.6 cm³/mol. The molecule has 0 bridgehead atoms. The Hall–Kier alpha value is -2.86. The smallest absolute Gasteiger partial charge is 0.319 e. The van der Waals surface area contributed by atoms with Crippen molar-refractivity contribution in [3.05, 3.63) is 65.1 Å². The van der Waals surface area contributed by atoms with Crippen LogP contribution >= 0.6 is 11.6 Å². The lowest BCUT2D eigenvalue weighted by atomic mass is 10.1. The highest BCUT2D eigenvalue weighted by molar-refractivity contribution is 6.33. The van der Waals surface area contributed by atoms with Crippen LogP contribution in [-0.2, 0) is 6.42 Å². The van der Waals surface area contributed by atoms with E-state index in [1.54, 1.807) is 25.4 Å². The van der Waals surface area contributed by atoms with Gasteiger partial charge in [-0.15, -0.1) is 0 Å². The number of anilines is 1. The van der Waals surface area contributed by atoms with Gasteiger partial charge in [0, 0.05) is 24.5 Å². The average molecular weight is 357 g/mol. The average Bonchev–Trinajstić information content (AvgIpc) is 2.97. The molecule has 2 amide bonds. The van der Waals surface area contributed by atoms with Crippen molar-refractivity contribution in [2.45, 2.75) is 13.3 Å². The highest BCUT2D eigenvalue weighted by Crippen LogP contribution is 2.34. The molecule has 2 aromatic heterocycles. The van der Waals surface area contributed by atoms with Crippen LogP contribution in [0.3, 0.4) is 0 Å². The fourth-order valence-corrected chi connectivity index (χ4v) is 2.61. The lowest BCUT2D eigenvalue weighted by Crippen LogP contribution is -2.30. The van der Waals surface area contributed by atoms with Gasteiger partial charge in [0.25, 0.3) is 0 Å². The summed E-state index contributed by atoms with van der Waals surface area (Å²) < 4.78 is 5.22. The number of nitrogens with one attached hydrogen (secondary N) is 2. The van der Waals surface area contributed by atoms with Crippen molar-refractivity contribution < 1.29 is 9.32 Å². The molecule has 3 aromatic rings. The summed E-state index contributed by atoms with van der Waals surface area (Å²) in [6, 6.07) is 10.8. The van der Waals surface area contributed by atoms with E-state index in [-0.39, 0.29) is 6.03 Å². The molecule has 0 spiro atoms. The van der Waals surface area contributed by atoms with E-state index in [1.807, 2.05) is 30.3 Å². The minimum atomic E-state index is -0.325. The van der Waals surface area contributed by atoms with Gasteiger partial charge < -0.3 is 15.2 Å². The first-order chi connectivity index (χ1) is 12.1. The molecule has 3 rings (SSSR count). The lowest BCUT2D eigenvalue weighted by Gasteiger charge is -2.08. The second kappa shape index (κ2) is 7.81. The summed E-state index contributed by atoms with van der Waals surface area (Å²) in [4.78, 5) is 16.2. The SMILES string of the molecule is Cc1onc(-c2ccccc2Cl)c1NC(=O)NCCc1ccncc1. The number of carbonyl (C=O) groups excluding carboxylic acids is 1. The second-order valence-corrected chi connectivity index (χ2v) is 5.84. The third-order valence-corrected chi connectivity index (χ3v) is 4.01. The number of nitrogens with zero attached hydrogens (tertiary/aromatic N) is 2. The van der Waals surface area contributed by atoms with Crippen molar-refractivity contribution in [3.8, 4) is 11.3 Å². The number of rotatable bonds is 5. The van der Waals surface area contributed by atoms with Crippen molar-refractivity contribution in [2.24, 2.45) is 0 Å². The van der Waals surface area contributed by atoms with Gasteiger partial charge in [-0.25, -0.2) is 4.79 Å². The summed E-state index contributed by atoms with van der Waals surface area (Å²) in [6.07, 6.45) is 4.17. The van der Waals surface area contributed by atoms with E-state index in [9.17, 15) is 4.79 Å². The van der Waals surface area contributed by atoms with Crippen LogP contribution in [0.15, 0.2) is 53.3 Å². The number of carbonyl (C=O) groups is 1. The Morgan fingerprint density at radius 3 is 2.72 bits per heavy atom. The van der Waals surface area contributed by atoms with Crippen LogP contribution in [0, 0.1) is 6.92 Å². The summed E-state index contributed by atoms with van der Waals surface area (Å²) in [5.74, 6) is 0.513. The molecule has 25 heavy (non-hydrogen) atoms. The van der Waals surface area contributed by atoms with Gasteiger partial charge in [0.1, 0.15) is 11.4 Å². The third-order valence-electron chi connectivity index (χ3n) is 3.68. The highest BCUT2D eigenvalue weighted by Gasteiger charge is 2.18. The van der Waals surface area contributed by atoms with E-state index in [4.69, 9.17) is 16.1 Å². The molecule has 1 aromatic carbocycles. The molecule has 128 valence electrons. The van der Waals surface area contributed by atoms with Gasteiger partial charge in [-0.1, -0.05) is 35.0 Å². The first-order valence-electron chi connectivity index (χ1n) is 7.80.